The van der Waals surface area contributed by atoms with Crippen molar-refractivity contribution in [2.45, 2.75) is 17.1 Å². The van der Waals surface area contributed by atoms with Gasteiger partial charge in [-0.3, -0.25) is 14.9 Å². The van der Waals surface area contributed by atoms with Crippen LogP contribution in [0.4, 0.5) is 5.69 Å². The molecule has 1 rings (SSSR count). The first-order valence-electron chi connectivity index (χ1n) is 4.25. The van der Waals surface area contributed by atoms with E-state index in [-0.39, 0.29) is 10.6 Å². The molecule has 16 heavy (non-hydrogen) atoms. The van der Waals surface area contributed by atoms with Crippen LogP contribution in [0.5, 0.6) is 0 Å². The van der Waals surface area contributed by atoms with Crippen molar-refractivity contribution in [3.8, 4) is 0 Å². The zero-order chi connectivity index (χ0) is 12.3. The second kappa shape index (κ2) is 5.18. The number of carbonyl (C=O) groups is 1. The molecule has 0 aromatic heterocycles. The summed E-state index contributed by atoms with van der Waals surface area (Å²) in [6, 6.07) is 4.05. The third kappa shape index (κ3) is 3.11. The van der Waals surface area contributed by atoms with E-state index in [2.05, 4.69) is 0 Å². The van der Waals surface area contributed by atoms with Crippen LogP contribution in [0.15, 0.2) is 23.1 Å². The van der Waals surface area contributed by atoms with E-state index in [4.69, 9.17) is 16.7 Å². The Labute approximate surface area is 101 Å². The number of nitrogens with zero attached hydrogens (tertiary/aromatic N) is 1. The van der Waals surface area contributed by atoms with E-state index < -0.39 is 16.1 Å². The average molecular weight is 262 g/mol. The minimum atomic E-state index is -1.03. The number of hydrogen-bond acceptors (Lipinski definition) is 4. The number of carboxylic acids is 1. The van der Waals surface area contributed by atoms with Gasteiger partial charge in [0.25, 0.3) is 5.69 Å². The number of halogens is 1. The molecule has 5 nitrogen and oxygen atoms in total. The van der Waals surface area contributed by atoms with Gasteiger partial charge in [-0.15, -0.1) is 11.8 Å². The van der Waals surface area contributed by atoms with Gasteiger partial charge < -0.3 is 5.11 Å². The van der Waals surface area contributed by atoms with Crippen molar-refractivity contribution >= 4 is 35.0 Å². The summed E-state index contributed by atoms with van der Waals surface area (Å²) in [4.78, 5) is 21.0. The van der Waals surface area contributed by atoms with Crippen LogP contribution in [0.25, 0.3) is 0 Å². The molecule has 0 fully saturated rings. The monoisotopic (exact) mass is 261 g/mol. The fourth-order valence-electron chi connectivity index (χ4n) is 0.974. The highest BCUT2D eigenvalue weighted by Gasteiger charge is 2.20. The van der Waals surface area contributed by atoms with E-state index in [9.17, 15) is 14.9 Å². The van der Waals surface area contributed by atoms with Crippen LogP contribution >= 0.6 is 23.4 Å². The van der Waals surface area contributed by atoms with Gasteiger partial charge in [0.15, 0.2) is 0 Å². The maximum atomic E-state index is 10.7. The second-order valence-electron chi connectivity index (χ2n) is 2.97. The Morgan fingerprint density at radius 2 is 2.25 bits per heavy atom. The molecule has 0 saturated carbocycles. The molecule has 1 aromatic rings. The van der Waals surface area contributed by atoms with E-state index in [1.807, 2.05) is 0 Å². The lowest BCUT2D eigenvalue weighted by atomic mass is 10.3. The first kappa shape index (κ1) is 12.8. The van der Waals surface area contributed by atoms with Gasteiger partial charge in [-0.05, 0) is 19.1 Å². The van der Waals surface area contributed by atoms with Gasteiger partial charge in [0.05, 0.1) is 9.82 Å². The summed E-state index contributed by atoms with van der Waals surface area (Å²) in [5, 5.41) is 19.0. The molecule has 1 atom stereocenters. The summed E-state index contributed by atoms with van der Waals surface area (Å²) in [6.07, 6.45) is 0. The third-order valence-corrected chi connectivity index (χ3v) is 3.14. The molecule has 0 aliphatic heterocycles. The normalized spacial score (nSPS) is 12.1. The van der Waals surface area contributed by atoms with Crippen LogP contribution in [-0.2, 0) is 4.79 Å². The van der Waals surface area contributed by atoms with Gasteiger partial charge in [0, 0.05) is 11.1 Å². The number of benzene rings is 1. The molecule has 1 N–H and O–H groups in total. The maximum Gasteiger partial charge on any atom is 0.316 e. The number of rotatable bonds is 4. The number of nitro groups is 1. The minimum Gasteiger partial charge on any atom is -0.480 e. The van der Waals surface area contributed by atoms with Gasteiger partial charge in [0.1, 0.15) is 5.25 Å². The van der Waals surface area contributed by atoms with E-state index in [1.165, 1.54) is 25.1 Å². The van der Waals surface area contributed by atoms with Gasteiger partial charge >= 0.3 is 5.97 Å². The predicted octanol–water partition coefficient (Wildman–Crippen LogP) is 2.81. The smallest absolute Gasteiger partial charge is 0.316 e. The number of aliphatic carboxylic acids is 1. The fraction of sp³-hybridized carbons (Fsp3) is 0.222. The Kier molecular flexibility index (Phi) is 4.14. The van der Waals surface area contributed by atoms with Crippen molar-refractivity contribution in [1.82, 2.24) is 0 Å². The molecule has 0 saturated heterocycles. The SMILES string of the molecule is CC(Sc1cc(Cl)ccc1[N+](=O)[O-])C(=O)O. The first-order chi connectivity index (χ1) is 7.41. The molecule has 0 aliphatic rings. The summed E-state index contributed by atoms with van der Waals surface area (Å²) in [6.45, 7) is 1.46. The highest BCUT2D eigenvalue weighted by atomic mass is 35.5. The van der Waals surface area contributed by atoms with E-state index in [1.54, 1.807) is 0 Å². The average Bonchev–Trinajstić information content (AvgIpc) is 2.16. The first-order valence-corrected chi connectivity index (χ1v) is 5.51. The van der Waals surface area contributed by atoms with Crippen molar-refractivity contribution in [2.75, 3.05) is 0 Å². The number of hydrogen-bond donors (Lipinski definition) is 1. The predicted molar refractivity (Wildman–Crippen MR) is 61.1 cm³/mol. The Balaban J connectivity index is 3.05. The van der Waals surface area contributed by atoms with Crippen LogP contribution in [0, 0.1) is 10.1 Å². The lowest BCUT2D eigenvalue weighted by molar-refractivity contribution is -0.387. The molecule has 0 amide bonds. The van der Waals surface area contributed by atoms with Crippen molar-refractivity contribution in [1.29, 1.82) is 0 Å². The molecule has 86 valence electrons. The molecular weight excluding hydrogens is 254 g/mol. The molecule has 0 radical (unpaired) electrons. The number of thioether (sulfide) groups is 1. The van der Waals surface area contributed by atoms with Gasteiger partial charge in [-0.1, -0.05) is 11.6 Å². The summed E-state index contributed by atoms with van der Waals surface area (Å²) in [5.41, 5.74) is -0.137. The molecule has 1 aromatic carbocycles. The fourth-order valence-corrected chi connectivity index (χ4v) is 2.15. The number of carboxylic acid groups (broad SMARTS) is 1. The highest BCUT2D eigenvalue weighted by molar-refractivity contribution is 8.00. The van der Waals surface area contributed by atoms with Crippen LogP contribution < -0.4 is 0 Å². The second-order valence-corrected chi connectivity index (χ2v) is 4.79. The highest BCUT2D eigenvalue weighted by Crippen LogP contribution is 2.34. The largest absolute Gasteiger partial charge is 0.480 e. The van der Waals surface area contributed by atoms with Crippen LogP contribution in [0.2, 0.25) is 5.02 Å². The Bertz CT molecular complexity index is 438. The zero-order valence-corrected chi connectivity index (χ0v) is 9.79. The standard InChI is InChI=1S/C9H8ClNO4S/c1-5(9(12)13)16-8-4-6(10)2-3-7(8)11(14)15/h2-5H,1H3,(H,12,13). The topological polar surface area (TPSA) is 80.4 Å². The molecule has 0 heterocycles. The summed E-state index contributed by atoms with van der Waals surface area (Å²) in [7, 11) is 0. The van der Waals surface area contributed by atoms with Gasteiger partial charge in [0.2, 0.25) is 0 Å². The van der Waals surface area contributed by atoms with Gasteiger partial charge in [-0.25, -0.2) is 0 Å². The molecule has 7 heteroatoms. The zero-order valence-electron chi connectivity index (χ0n) is 8.21. The molecule has 0 spiro atoms. The van der Waals surface area contributed by atoms with Crippen LogP contribution in [0.1, 0.15) is 6.92 Å². The quantitative estimate of drug-likeness (QED) is 0.512. The minimum absolute atomic E-state index is 0.137. The molecule has 0 bridgehead atoms. The van der Waals surface area contributed by atoms with Crippen molar-refractivity contribution in [2.24, 2.45) is 0 Å². The molecule has 0 aliphatic carbocycles. The Morgan fingerprint density at radius 1 is 1.62 bits per heavy atom. The third-order valence-electron chi connectivity index (χ3n) is 1.77. The van der Waals surface area contributed by atoms with E-state index >= 15 is 0 Å². The van der Waals surface area contributed by atoms with Crippen LogP contribution in [-0.4, -0.2) is 21.2 Å². The lowest BCUT2D eigenvalue weighted by Crippen LogP contribution is -2.11. The van der Waals surface area contributed by atoms with Gasteiger partial charge in [-0.2, -0.15) is 0 Å². The number of nitro benzene ring substituents is 1. The molecule has 1 unspecified atom stereocenters. The summed E-state index contributed by atoms with van der Waals surface area (Å²) in [5.74, 6) is -1.03. The van der Waals surface area contributed by atoms with E-state index in [0.717, 1.165) is 11.8 Å². The Hall–Kier alpha value is -1.27. The van der Waals surface area contributed by atoms with Crippen molar-refractivity contribution < 1.29 is 14.8 Å². The maximum absolute atomic E-state index is 10.7. The molecular formula is C9H8ClNO4S. The summed E-state index contributed by atoms with van der Waals surface area (Å²) < 4.78 is 0. The van der Waals surface area contributed by atoms with Crippen molar-refractivity contribution in [3.05, 3.63) is 33.3 Å². The van der Waals surface area contributed by atoms with E-state index in [0.29, 0.717) is 5.02 Å². The Morgan fingerprint density at radius 3 is 2.75 bits per heavy atom. The van der Waals surface area contributed by atoms with Crippen molar-refractivity contribution in [3.63, 3.8) is 0 Å². The lowest BCUT2D eigenvalue weighted by Gasteiger charge is -2.06. The summed E-state index contributed by atoms with van der Waals surface area (Å²) >= 11 is 6.60. The van der Waals surface area contributed by atoms with Crippen LogP contribution in [0.3, 0.4) is 0 Å².